The van der Waals surface area contributed by atoms with Gasteiger partial charge in [-0.25, -0.2) is 0 Å². The van der Waals surface area contributed by atoms with Gasteiger partial charge in [0.25, 0.3) is 0 Å². The van der Waals surface area contributed by atoms with Crippen LogP contribution in [0.4, 0.5) is 36.4 Å². The Morgan fingerprint density at radius 3 is 2.62 bits per heavy atom. The smallest absolute Gasteiger partial charge is 0.393 e. The van der Waals surface area contributed by atoms with Gasteiger partial charge < -0.3 is 31.2 Å². The molecule has 1 aliphatic carbocycles. The highest BCUT2D eigenvalue weighted by Crippen LogP contribution is 2.35. The van der Waals surface area contributed by atoms with Gasteiger partial charge in [-0.05, 0) is 44.4 Å². The largest absolute Gasteiger partial charge is 0.416 e. The third-order valence-electron chi connectivity index (χ3n) is 5.72. The average Bonchev–Trinajstić information content (AvgIpc) is 3.06. The summed E-state index contributed by atoms with van der Waals surface area (Å²) < 4.78 is 39.4. The minimum absolute atomic E-state index is 0.0215. The number of nitrogens with zero attached hydrogens (tertiary/aromatic N) is 3. The van der Waals surface area contributed by atoms with E-state index >= 15 is 0 Å². The molecule has 2 fully saturated rings. The maximum atomic E-state index is 13.1. The Morgan fingerprint density at radius 2 is 2.03 bits per heavy atom. The normalized spacial score (nSPS) is 25.4. The number of nitrogens with one attached hydrogen (secondary N) is 3. The molecule has 1 aromatic heterocycles. The molecular formula is C21H25F3N6O2. The van der Waals surface area contributed by atoms with Gasteiger partial charge in [-0.1, -0.05) is 6.07 Å². The molecule has 2 aliphatic rings. The molecule has 4 rings (SSSR count). The van der Waals surface area contributed by atoms with E-state index in [9.17, 15) is 23.4 Å². The molecule has 1 aromatic carbocycles. The number of rotatable bonds is 6. The van der Waals surface area contributed by atoms with Crippen molar-refractivity contribution in [1.29, 1.82) is 5.41 Å². The fourth-order valence-electron chi connectivity index (χ4n) is 3.92. The summed E-state index contributed by atoms with van der Waals surface area (Å²) >= 11 is 0. The van der Waals surface area contributed by atoms with E-state index in [-0.39, 0.29) is 29.6 Å². The Hall–Kier alpha value is -2.92. The van der Waals surface area contributed by atoms with Gasteiger partial charge in [0.2, 0.25) is 5.95 Å². The number of hydrogen-bond acceptors (Lipinski definition) is 8. The van der Waals surface area contributed by atoms with Crippen LogP contribution >= 0.6 is 0 Å². The van der Waals surface area contributed by atoms with E-state index in [1.807, 2.05) is 4.90 Å². The molecule has 5 N–H and O–H groups in total. The number of alkyl halides is 3. The van der Waals surface area contributed by atoms with Gasteiger partial charge in [-0.15, -0.1) is 0 Å². The summed E-state index contributed by atoms with van der Waals surface area (Å²) in [7, 11) is 0. The fourth-order valence-corrected chi connectivity index (χ4v) is 3.92. The summed E-state index contributed by atoms with van der Waals surface area (Å²) in [5, 5.41) is 33.9. The lowest BCUT2D eigenvalue weighted by atomic mass is 9.90. The predicted octanol–water partition coefficient (Wildman–Crippen LogP) is 3.13. The number of aliphatic hydroxyl groups is 2. The molecule has 8 nitrogen and oxygen atoms in total. The SMILES string of the molecule is CC1(O)CCN(c2nc(NC3CC(O)C3)nc(Nc3cccc(C(F)(F)F)c3)c2C=N)C1. The molecule has 1 aliphatic heterocycles. The Morgan fingerprint density at radius 1 is 1.28 bits per heavy atom. The van der Waals surface area contributed by atoms with Crippen molar-refractivity contribution in [2.24, 2.45) is 0 Å². The first-order chi connectivity index (χ1) is 15.0. The van der Waals surface area contributed by atoms with Crippen LogP contribution in [-0.2, 0) is 6.18 Å². The lowest BCUT2D eigenvalue weighted by Gasteiger charge is -2.32. The molecule has 0 amide bonds. The van der Waals surface area contributed by atoms with E-state index in [2.05, 4.69) is 20.6 Å². The third-order valence-corrected chi connectivity index (χ3v) is 5.72. The van der Waals surface area contributed by atoms with Crippen LogP contribution < -0.4 is 15.5 Å². The second-order valence-corrected chi connectivity index (χ2v) is 8.62. The second-order valence-electron chi connectivity index (χ2n) is 8.62. The molecule has 0 radical (unpaired) electrons. The number of benzene rings is 1. The molecule has 2 aromatic rings. The highest BCUT2D eigenvalue weighted by Gasteiger charge is 2.35. The second kappa shape index (κ2) is 8.21. The standard InChI is InChI=1S/C21H25F3N6O2/c1-20(32)5-6-30(11-20)18-16(10-25)17(28-19(29-18)27-14-8-15(31)9-14)26-13-4-2-3-12(7-13)21(22,23)24/h2-4,7,10,14-15,25,31-32H,5-6,8-9,11H2,1H3,(H2,26,27,28,29). The van der Waals surface area contributed by atoms with Crippen LogP contribution in [0.25, 0.3) is 0 Å². The lowest BCUT2D eigenvalue weighted by molar-refractivity contribution is -0.137. The Labute approximate surface area is 183 Å². The molecule has 172 valence electrons. The van der Waals surface area contributed by atoms with Gasteiger partial charge in [0, 0.05) is 31.0 Å². The molecule has 1 unspecified atom stereocenters. The maximum Gasteiger partial charge on any atom is 0.416 e. The molecule has 1 atom stereocenters. The van der Waals surface area contributed by atoms with Crippen LogP contribution in [0.15, 0.2) is 24.3 Å². The summed E-state index contributed by atoms with van der Waals surface area (Å²) in [6, 6.07) is 4.72. The first kappa shape index (κ1) is 22.3. The summed E-state index contributed by atoms with van der Waals surface area (Å²) in [5.41, 5.74) is -1.24. The summed E-state index contributed by atoms with van der Waals surface area (Å²) in [5.74, 6) is 0.825. The van der Waals surface area contributed by atoms with Crippen molar-refractivity contribution < 1.29 is 23.4 Å². The zero-order chi connectivity index (χ0) is 23.1. The third kappa shape index (κ3) is 4.78. The number of aromatic nitrogens is 2. The van der Waals surface area contributed by atoms with Gasteiger partial charge >= 0.3 is 6.18 Å². The van der Waals surface area contributed by atoms with E-state index in [0.29, 0.717) is 43.7 Å². The summed E-state index contributed by atoms with van der Waals surface area (Å²) in [4.78, 5) is 10.8. The van der Waals surface area contributed by atoms with Crippen molar-refractivity contribution in [2.45, 2.75) is 50.1 Å². The number of hydrogen-bond donors (Lipinski definition) is 5. The van der Waals surface area contributed by atoms with E-state index in [4.69, 9.17) is 5.41 Å². The minimum atomic E-state index is -4.49. The van der Waals surface area contributed by atoms with Crippen molar-refractivity contribution in [3.8, 4) is 0 Å². The van der Waals surface area contributed by atoms with Crippen molar-refractivity contribution in [1.82, 2.24) is 9.97 Å². The quantitative estimate of drug-likeness (QED) is 0.429. The van der Waals surface area contributed by atoms with Crippen LogP contribution in [0.5, 0.6) is 0 Å². The Balaban J connectivity index is 1.71. The van der Waals surface area contributed by atoms with Gasteiger partial charge in [0.1, 0.15) is 11.6 Å². The predicted molar refractivity (Wildman–Crippen MR) is 115 cm³/mol. The summed E-state index contributed by atoms with van der Waals surface area (Å²) in [6.45, 7) is 2.53. The highest BCUT2D eigenvalue weighted by atomic mass is 19.4. The molecule has 0 spiro atoms. The zero-order valence-electron chi connectivity index (χ0n) is 17.4. The first-order valence-corrected chi connectivity index (χ1v) is 10.3. The highest BCUT2D eigenvalue weighted by molar-refractivity contribution is 5.93. The average molecular weight is 450 g/mol. The fraction of sp³-hybridized carbons (Fsp3) is 0.476. The molecule has 1 saturated heterocycles. The molecule has 1 saturated carbocycles. The van der Waals surface area contributed by atoms with Crippen LogP contribution in [0.3, 0.4) is 0 Å². The van der Waals surface area contributed by atoms with E-state index in [1.165, 1.54) is 12.1 Å². The van der Waals surface area contributed by atoms with E-state index in [1.54, 1.807) is 6.92 Å². The van der Waals surface area contributed by atoms with E-state index < -0.39 is 17.3 Å². The van der Waals surface area contributed by atoms with Crippen molar-refractivity contribution in [2.75, 3.05) is 28.6 Å². The molecule has 11 heteroatoms. The number of aliphatic hydroxyl groups excluding tert-OH is 1. The van der Waals surface area contributed by atoms with Crippen molar-refractivity contribution >= 4 is 29.5 Å². The summed E-state index contributed by atoms with van der Waals surface area (Å²) in [6.07, 6.45) is -2.22. The van der Waals surface area contributed by atoms with Gasteiger partial charge in [0.15, 0.2) is 0 Å². The van der Waals surface area contributed by atoms with Crippen LogP contribution in [0, 0.1) is 5.41 Å². The van der Waals surface area contributed by atoms with E-state index in [0.717, 1.165) is 18.3 Å². The number of halogens is 3. The molecule has 0 bridgehead atoms. The van der Waals surface area contributed by atoms with Gasteiger partial charge in [-0.3, -0.25) is 0 Å². The van der Waals surface area contributed by atoms with Crippen LogP contribution in [0.1, 0.15) is 37.3 Å². The van der Waals surface area contributed by atoms with Gasteiger partial charge in [0.05, 0.1) is 22.8 Å². The Bertz CT molecular complexity index is 1010. The van der Waals surface area contributed by atoms with Crippen LogP contribution in [0.2, 0.25) is 0 Å². The van der Waals surface area contributed by atoms with Gasteiger partial charge in [-0.2, -0.15) is 23.1 Å². The van der Waals surface area contributed by atoms with Crippen LogP contribution in [-0.4, -0.2) is 57.2 Å². The number of anilines is 4. The topological polar surface area (TPSA) is 117 Å². The molecule has 32 heavy (non-hydrogen) atoms. The van der Waals surface area contributed by atoms with Crippen molar-refractivity contribution in [3.63, 3.8) is 0 Å². The maximum absolute atomic E-state index is 13.1. The minimum Gasteiger partial charge on any atom is -0.393 e. The monoisotopic (exact) mass is 450 g/mol. The lowest BCUT2D eigenvalue weighted by Crippen LogP contribution is -2.39. The first-order valence-electron chi connectivity index (χ1n) is 10.3. The molecule has 2 heterocycles. The number of β-amino-alcohol motifs (C(OH)–C–C–N with tert-alkyl or cyclic N) is 1. The van der Waals surface area contributed by atoms with Crippen molar-refractivity contribution in [3.05, 3.63) is 35.4 Å². The zero-order valence-corrected chi connectivity index (χ0v) is 17.4. The molecular weight excluding hydrogens is 425 g/mol. The Kier molecular flexibility index (Phi) is 5.72.